The Balaban J connectivity index is 2.16. The van der Waals surface area contributed by atoms with E-state index in [1.807, 2.05) is 7.05 Å². The minimum Gasteiger partial charge on any atom is -0.358 e. The van der Waals surface area contributed by atoms with Gasteiger partial charge >= 0.3 is 12.4 Å². The zero-order valence-corrected chi connectivity index (χ0v) is 14.1. The number of benzene rings is 1. The van der Waals surface area contributed by atoms with Crippen LogP contribution in [0.15, 0.2) is 18.2 Å². The van der Waals surface area contributed by atoms with Crippen LogP contribution >= 0.6 is 12.2 Å². The van der Waals surface area contributed by atoms with Crippen molar-refractivity contribution in [3.63, 3.8) is 0 Å². The summed E-state index contributed by atoms with van der Waals surface area (Å²) in [5, 5.41) is 5.35. The van der Waals surface area contributed by atoms with Crippen molar-refractivity contribution in [2.45, 2.75) is 31.2 Å². The van der Waals surface area contributed by atoms with Gasteiger partial charge in [0.25, 0.3) is 0 Å². The highest BCUT2D eigenvalue weighted by atomic mass is 32.1. The van der Waals surface area contributed by atoms with Gasteiger partial charge in [-0.05, 0) is 56.9 Å². The van der Waals surface area contributed by atoms with Crippen molar-refractivity contribution in [2.75, 3.05) is 25.5 Å². The number of rotatable bonds is 2. The van der Waals surface area contributed by atoms with Gasteiger partial charge in [0.1, 0.15) is 0 Å². The van der Waals surface area contributed by atoms with E-state index in [0.717, 1.165) is 19.4 Å². The standard InChI is InChI=1S/C15H17F6N3S/c1-24-4-2-3-11(8-24)22-13(25)23-12-6-9(14(16,17)18)5-10(7-12)15(19,20)21/h5-7,11H,2-4,8H2,1H3,(H2,22,23,25)/t11-/m0/s1. The van der Waals surface area contributed by atoms with Crippen LogP contribution in [0.1, 0.15) is 24.0 Å². The normalized spacial score (nSPS) is 19.6. The second-order valence-electron chi connectivity index (χ2n) is 5.99. The lowest BCUT2D eigenvalue weighted by Crippen LogP contribution is -2.47. The van der Waals surface area contributed by atoms with Crippen LogP contribution in [-0.2, 0) is 12.4 Å². The maximum Gasteiger partial charge on any atom is 0.416 e. The molecular weight excluding hydrogens is 368 g/mol. The third kappa shape index (κ3) is 5.74. The first-order valence-electron chi connectivity index (χ1n) is 7.50. The van der Waals surface area contributed by atoms with Crippen LogP contribution in [-0.4, -0.2) is 36.2 Å². The number of nitrogens with zero attached hydrogens (tertiary/aromatic N) is 1. The molecule has 2 rings (SSSR count). The number of piperidine rings is 1. The van der Waals surface area contributed by atoms with Crippen LogP contribution < -0.4 is 10.6 Å². The molecule has 1 heterocycles. The summed E-state index contributed by atoms with van der Waals surface area (Å²) in [7, 11) is 1.92. The number of likely N-dealkylation sites (tertiary alicyclic amines) is 1. The lowest BCUT2D eigenvalue weighted by molar-refractivity contribution is -0.143. The second kappa shape index (κ2) is 7.36. The number of halogens is 6. The Hall–Kier alpha value is -1.55. The van der Waals surface area contributed by atoms with Crippen molar-refractivity contribution in [3.8, 4) is 0 Å². The highest BCUT2D eigenvalue weighted by Crippen LogP contribution is 2.37. The first-order chi connectivity index (χ1) is 11.4. The largest absolute Gasteiger partial charge is 0.416 e. The number of likely N-dealkylation sites (N-methyl/N-ethyl adjacent to an activating group) is 1. The van der Waals surface area contributed by atoms with E-state index in [-0.39, 0.29) is 22.9 Å². The zero-order valence-electron chi connectivity index (χ0n) is 13.3. The first-order valence-corrected chi connectivity index (χ1v) is 7.91. The van der Waals surface area contributed by atoms with E-state index in [2.05, 4.69) is 15.5 Å². The SMILES string of the molecule is CN1CCC[C@H](NC(=S)Nc2cc(C(F)(F)F)cc(C(F)(F)F)c2)C1. The molecule has 0 bridgehead atoms. The molecule has 0 radical (unpaired) electrons. The average molecular weight is 385 g/mol. The van der Waals surface area contributed by atoms with E-state index in [4.69, 9.17) is 12.2 Å². The fourth-order valence-corrected chi connectivity index (χ4v) is 2.95. The smallest absolute Gasteiger partial charge is 0.358 e. The van der Waals surface area contributed by atoms with E-state index >= 15 is 0 Å². The fraction of sp³-hybridized carbons (Fsp3) is 0.533. The highest BCUT2D eigenvalue weighted by molar-refractivity contribution is 7.80. The summed E-state index contributed by atoms with van der Waals surface area (Å²) in [5.74, 6) is 0. The molecule has 0 amide bonds. The first kappa shape index (κ1) is 19.8. The monoisotopic (exact) mass is 385 g/mol. The number of hydrogen-bond donors (Lipinski definition) is 2. The lowest BCUT2D eigenvalue weighted by atomic mass is 10.1. The molecular formula is C15H17F6N3S. The molecule has 0 aliphatic carbocycles. The molecule has 1 atom stereocenters. The van der Waals surface area contributed by atoms with Crippen LogP contribution in [0.3, 0.4) is 0 Å². The molecule has 0 unspecified atom stereocenters. The molecule has 10 heteroatoms. The van der Waals surface area contributed by atoms with Crippen molar-refractivity contribution in [3.05, 3.63) is 29.3 Å². The number of anilines is 1. The molecule has 1 aromatic rings. The minimum atomic E-state index is -4.89. The maximum atomic E-state index is 12.8. The number of nitrogens with one attached hydrogen (secondary N) is 2. The molecule has 0 aromatic heterocycles. The van der Waals surface area contributed by atoms with Gasteiger partial charge in [0.15, 0.2) is 5.11 Å². The van der Waals surface area contributed by atoms with Gasteiger partial charge < -0.3 is 15.5 Å². The average Bonchev–Trinajstić information content (AvgIpc) is 2.44. The lowest BCUT2D eigenvalue weighted by Gasteiger charge is -2.31. The molecule has 3 nitrogen and oxygen atoms in total. The Labute approximate surface area is 146 Å². The molecule has 0 saturated carbocycles. The highest BCUT2D eigenvalue weighted by Gasteiger charge is 2.37. The molecule has 1 aliphatic heterocycles. The van der Waals surface area contributed by atoms with Crippen molar-refractivity contribution < 1.29 is 26.3 Å². The molecule has 1 saturated heterocycles. The number of alkyl halides is 6. The van der Waals surface area contributed by atoms with Crippen LogP contribution in [0.25, 0.3) is 0 Å². The van der Waals surface area contributed by atoms with Gasteiger partial charge in [0, 0.05) is 18.3 Å². The number of thiocarbonyl (C=S) groups is 1. The van der Waals surface area contributed by atoms with Crippen molar-refractivity contribution in [1.29, 1.82) is 0 Å². The number of hydrogen-bond acceptors (Lipinski definition) is 2. The van der Waals surface area contributed by atoms with Crippen molar-refractivity contribution in [1.82, 2.24) is 10.2 Å². The van der Waals surface area contributed by atoms with Gasteiger partial charge in [0.05, 0.1) is 11.1 Å². The van der Waals surface area contributed by atoms with E-state index < -0.39 is 23.5 Å². The Morgan fingerprint density at radius 2 is 1.64 bits per heavy atom. The second-order valence-corrected chi connectivity index (χ2v) is 6.40. The molecule has 140 valence electrons. The molecule has 25 heavy (non-hydrogen) atoms. The van der Waals surface area contributed by atoms with Gasteiger partial charge in [-0.25, -0.2) is 0 Å². The molecule has 1 aromatic carbocycles. The maximum absolute atomic E-state index is 12.8. The minimum absolute atomic E-state index is 0.00671. The summed E-state index contributed by atoms with van der Waals surface area (Å²) >= 11 is 5.03. The van der Waals surface area contributed by atoms with E-state index in [9.17, 15) is 26.3 Å². The third-order valence-electron chi connectivity index (χ3n) is 3.81. The molecule has 0 spiro atoms. The predicted molar refractivity (Wildman–Crippen MR) is 86.3 cm³/mol. The van der Waals surface area contributed by atoms with Gasteiger partial charge in [0.2, 0.25) is 0 Å². The fourth-order valence-electron chi connectivity index (χ4n) is 2.66. The zero-order chi connectivity index (χ0) is 18.8. The van der Waals surface area contributed by atoms with E-state index in [1.54, 1.807) is 0 Å². The van der Waals surface area contributed by atoms with Crippen LogP contribution in [0, 0.1) is 0 Å². The summed E-state index contributed by atoms with van der Waals surface area (Å²) in [5.41, 5.74) is -3.13. The molecule has 1 aliphatic rings. The summed E-state index contributed by atoms with van der Waals surface area (Å²) in [6, 6.07) is 1.29. The molecule has 2 N–H and O–H groups in total. The van der Waals surface area contributed by atoms with Crippen LogP contribution in [0.2, 0.25) is 0 Å². The Kier molecular flexibility index (Phi) is 5.82. The van der Waals surface area contributed by atoms with Crippen molar-refractivity contribution in [2.24, 2.45) is 0 Å². The predicted octanol–water partition coefficient (Wildman–Crippen LogP) is 4.10. The van der Waals surface area contributed by atoms with Crippen LogP contribution in [0.5, 0.6) is 0 Å². The van der Waals surface area contributed by atoms with E-state index in [0.29, 0.717) is 18.7 Å². The summed E-state index contributed by atoms with van der Waals surface area (Å²) in [6.07, 6.45) is -8.03. The van der Waals surface area contributed by atoms with Gasteiger partial charge in [-0.1, -0.05) is 0 Å². The summed E-state index contributed by atoms with van der Waals surface area (Å²) in [6.45, 7) is 1.62. The molecule has 1 fully saturated rings. The van der Waals surface area contributed by atoms with Crippen LogP contribution in [0.4, 0.5) is 32.0 Å². The van der Waals surface area contributed by atoms with Gasteiger partial charge in [-0.2, -0.15) is 26.3 Å². The summed E-state index contributed by atoms with van der Waals surface area (Å²) < 4.78 is 77.0. The Morgan fingerprint density at radius 3 is 2.12 bits per heavy atom. The Morgan fingerprint density at radius 1 is 1.08 bits per heavy atom. The van der Waals surface area contributed by atoms with Gasteiger partial charge in [-0.3, -0.25) is 0 Å². The van der Waals surface area contributed by atoms with Gasteiger partial charge in [-0.15, -0.1) is 0 Å². The third-order valence-corrected chi connectivity index (χ3v) is 4.03. The topological polar surface area (TPSA) is 27.3 Å². The quantitative estimate of drug-likeness (QED) is 0.592. The van der Waals surface area contributed by atoms with E-state index in [1.165, 1.54) is 0 Å². The summed E-state index contributed by atoms with van der Waals surface area (Å²) in [4.78, 5) is 2.07. The Bertz CT molecular complexity index is 596. The van der Waals surface area contributed by atoms with Crippen molar-refractivity contribution >= 4 is 23.0 Å².